The van der Waals surface area contributed by atoms with Gasteiger partial charge in [-0.2, -0.15) is 0 Å². The number of alkyl halides is 1. The molecular formula is C14H23Br. The molecule has 0 bridgehead atoms. The molecule has 3 rings (SSSR count). The fourth-order valence-corrected chi connectivity index (χ4v) is 5.86. The van der Waals surface area contributed by atoms with Crippen LogP contribution in [0.15, 0.2) is 0 Å². The van der Waals surface area contributed by atoms with Crippen molar-refractivity contribution in [3.8, 4) is 0 Å². The van der Waals surface area contributed by atoms with Crippen LogP contribution in [-0.2, 0) is 0 Å². The molecule has 5 atom stereocenters. The van der Waals surface area contributed by atoms with Crippen molar-refractivity contribution in [2.45, 2.75) is 62.6 Å². The standard InChI is InChI=1S/C14H23Br/c15-14-9-10-5-1-2-6-11(10)12-7-3-4-8-13(12)14/h10-14H,1-9H2. The summed E-state index contributed by atoms with van der Waals surface area (Å²) >= 11 is 3.99. The van der Waals surface area contributed by atoms with Crippen LogP contribution in [0.3, 0.4) is 0 Å². The van der Waals surface area contributed by atoms with E-state index in [0.717, 1.165) is 28.5 Å². The third kappa shape index (κ3) is 1.90. The van der Waals surface area contributed by atoms with E-state index in [1.807, 2.05) is 0 Å². The summed E-state index contributed by atoms with van der Waals surface area (Å²) in [6, 6.07) is 0. The second-order valence-corrected chi connectivity index (χ2v) is 7.25. The molecule has 86 valence electrons. The molecule has 3 fully saturated rings. The Hall–Kier alpha value is 0.480. The van der Waals surface area contributed by atoms with Gasteiger partial charge in [0.15, 0.2) is 0 Å². The highest BCUT2D eigenvalue weighted by molar-refractivity contribution is 9.09. The van der Waals surface area contributed by atoms with Gasteiger partial charge in [0.25, 0.3) is 0 Å². The van der Waals surface area contributed by atoms with Crippen LogP contribution in [0, 0.1) is 23.7 Å². The van der Waals surface area contributed by atoms with Gasteiger partial charge in [-0.15, -0.1) is 0 Å². The van der Waals surface area contributed by atoms with Gasteiger partial charge in [0, 0.05) is 4.83 Å². The van der Waals surface area contributed by atoms with E-state index in [0.29, 0.717) is 0 Å². The normalized spacial score (nSPS) is 50.6. The van der Waals surface area contributed by atoms with Crippen LogP contribution in [0.4, 0.5) is 0 Å². The zero-order chi connectivity index (χ0) is 10.3. The van der Waals surface area contributed by atoms with E-state index in [9.17, 15) is 0 Å². The van der Waals surface area contributed by atoms with Gasteiger partial charge < -0.3 is 0 Å². The lowest BCUT2D eigenvalue weighted by Crippen LogP contribution is -2.43. The molecule has 3 aliphatic carbocycles. The average molecular weight is 271 g/mol. The maximum atomic E-state index is 3.99. The fraction of sp³-hybridized carbons (Fsp3) is 1.00. The van der Waals surface area contributed by atoms with Gasteiger partial charge in [-0.3, -0.25) is 0 Å². The van der Waals surface area contributed by atoms with Crippen LogP contribution in [0.1, 0.15) is 57.8 Å². The molecule has 15 heavy (non-hydrogen) atoms. The Morgan fingerprint density at radius 1 is 0.667 bits per heavy atom. The van der Waals surface area contributed by atoms with Gasteiger partial charge in [-0.1, -0.05) is 48.0 Å². The monoisotopic (exact) mass is 270 g/mol. The van der Waals surface area contributed by atoms with E-state index in [-0.39, 0.29) is 0 Å². The van der Waals surface area contributed by atoms with Crippen LogP contribution in [0.5, 0.6) is 0 Å². The average Bonchev–Trinajstić information content (AvgIpc) is 2.30. The van der Waals surface area contributed by atoms with E-state index in [1.54, 1.807) is 12.8 Å². The lowest BCUT2D eigenvalue weighted by Gasteiger charge is -2.50. The minimum absolute atomic E-state index is 0.863. The summed E-state index contributed by atoms with van der Waals surface area (Å²) in [6.45, 7) is 0. The van der Waals surface area contributed by atoms with Crippen molar-refractivity contribution in [2.24, 2.45) is 23.7 Å². The van der Waals surface area contributed by atoms with Crippen LogP contribution in [-0.4, -0.2) is 4.83 Å². The number of hydrogen-bond donors (Lipinski definition) is 0. The summed E-state index contributed by atoms with van der Waals surface area (Å²) in [5.74, 6) is 4.35. The van der Waals surface area contributed by atoms with Crippen molar-refractivity contribution in [1.82, 2.24) is 0 Å². The maximum Gasteiger partial charge on any atom is 0.0179 e. The van der Waals surface area contributed by atoms with E-state index in [2.05, 4.69) is 15.9 Å². The van der Waals surface area contributed by atoms with Crippen LogP contribution >= 0.6 is 15.9 Å². The van der Waals surface area contributed by atoms with E-state index in [1.165, 1.54) is 44.9 Å². The Balaban J connectivity index is 1.79. The molecule has 0 radical (unpaired) electrons. The summed E-state index contributed by atoms with van der Waals surface area (Å²) in [5, 5.41) is 0. The molecule has 0 amide bonds. The highest BCUT2D eigenvalue weighted by atomic mass is 79.9. The minimum atomic E-state index is 0.863. The highest BCUT2D eigenvalue weighted by Crippen LogP contribution is 2.53. The third-order valence-corrected chi connectivity index (χ3v) is 6.44. The molecule has 3 aliphatic rings. The van der Waals surface area contributed by atoms with Crippen LogP contribution in [0.25, 0.3) is 0 Å². The highest BCUT2D eigenvalue weighted by Gasteiger charge is 2.44. The van der Waals surface area contributed by atoms with Crippen molar-refractivity contribution < 1.29 is 0 Å². The van der Waals surface area contributed by atoms with E-state index in [4.69, 9.17) is 0 Å². The minimum Gasteiger partial charge on any atom is -0.0887 e. The number of rotatable bonds is 0. The van der Waals surface area contributed by atoms with Crippen molar-refractivity contribution in [1.29, 1.82) is 0 Å². The lowest BCUT2D eigenvalue weighted by molar-refractivity contribution is 0.0342. The maximum absolute atomic E-state index is 3.99. The molecule has 0 saturated heterocycles. The summed E-state index contributed by atoms with van der Waals surface area (Å²) < 4.78 is 0. The summed E-state index contributed by atoms with van der Waals surface area (Å²) in [5.41, 5.74) is 0. The first kappa shape index (κ1) is 10.6. The smallest absolute Gasteiger partial charge is 0.0179 e. The quantitative estimate of drug-likeness (QED) is 0.557. The van der Waals surface area contributed by atoms with Crippen molar-refractivity contribution >= 4 is 15.9 Å². The number of fused-ring (bicyclic) bond motifs is 3. The molecule has 0 N–H and O–H groups in total. The molecule has 0 spiro atoms. The second kappa shape index (κ2) is 4.39. The zero-order valence-electron chi connectivity index (χ0n) is 9.63. The largest absolute Gasteiger partial charge is 0.0887 e. The Morgan fingerprint density at radius 2 is 1.27 bits per heavy atom. The Bertz CT molecular complexity index is 225. The van der Waals surface area contributed by atoms with Gasteiger partial charge in [-0.05, 0) is 49.4 Å². The van der Waals surface area contributed by atoms with Crippen molar-refractivity contribution in [3.63, 3.8) is 0 Å². The van der Waals surface area contributed by atoms with Crippen molar-refractivity contribution in [3.05, 3.63) is 0 Å². The molecule has 0 aliphatic heterocycles. The Labute approximate surface area is 102 Å². The molecule has 0 aromatic rings. The zero-order valence-corrected chi connectivity index (χ0v) is 11.2. The third-order valence-electron chi connectivity index (χ3n) is 5.39. The molecule has 0 aromatic carbocycles. The predicted octanol–water partition coefficient (Wildman–Crippen LogP) is 4.77. The van der Waals surface area contributed by atoms with Gasteiger partial charge >= 0.3 is 0 Å². The van der Waals surface area contributed by atoms with Gasteiger partial charge in [-0.25, -0.2) is 0 Å². The molecule has 0 aromatic heterocycles. The Morgan fingerprint density at radius 3 is 2.07 bits per heavy atom. The van der Waals surface area contributed by atoms with Crippen molar-refractivity contribution in [2.75, 3.05) is 0 Å². The topological polar surface area (TPSA) is 0 Å². The number of halogens is 1. The number of hydrogen-bond acceptors (Lipinski definition) is 0. The van der Waals surface area contributed by atoms with Crippen LogP contribution < -0.4 is 0 Å². The molecular weight excluding hydrogens is 248 g/mol. The molecule has 0 nitrogen and oxygen atoms in total. The molecule has 1 heteroatoms. The molecule has 0 heterocycles. The second-order valence-electron chi connectivity index (χ2n) is 6.07. The first-order valence-corrected chi connectivity index (χ1v) is 7.92. The molecule has 5 unspecified atom stereocenters. The van der Waals surface area contributed by atoms with E-state index >= 15 is 0 Å². The first-order chi connectivity index (χ1) is 7.36. The summed E-state index contributed by atoms with van der Waals surface area (Å²) in [7, 11) is 0. The van der Waals surface area contributed by atoms with Gasteiger partial charge in [0.05, 0.1) is 0 Å². The van der Waals surface area contributed by atoms with E-state index < -0.39 is 0 Å². The SMILES string of the molecule is BrC1CC2CCCCC2C2CCCCC12. The predicted molar refractivity (Wildman–Crippen MR) is 68.2 cm³/mol. The summed E-state index contributed by atoms with van der Waals surface area (Å²) in [4.78, 5) is 0.863. The lowest BCUT2D eigenvalue weighted by atomic mass is 9.58. The first-order valence-electron chi connectivity index (χ1n) is 7.00. The fourth-order valence-electron chi connectivity index (χ4n) is 4.73. The van der Waals surface area contributed by atoms with Gasteiger partial charge in [0.1, 0.15) is 0 Å². The Kier molecular flexibility index (Phi) is 3.11. The molecule has 3 saturated carbocycles. The summed E-state index contributed by atoms with van der Waals surface area (Å²) in [6.07, 6.45) is 13.7. The van der Waals surface area contributed by atoms with Gasteiger partial charge in [0.2, 0.25) is 0 Å². The van der Waals surface area contributed by atoms with Crippen LogP contribution in [0.2, 0.25) is 0 Å².